The Balaban J connectivity index is 1.64. The Bertz CT molecular complexity index is 654. The predicted molar refractivity (Wildman–Crippen MR) is 93.3 cm³/mol. The van der Waals surface area contributed by atoms with Crippen LogP contribution in [0.4, 0.5) is 4.79 Å². The van der Waals surface area contributed by atoms with Gasteiger partial charge in [-0.15, -0.1) is 0 Å². The first kappa shape index (κ1) is 17.4. The van der Waals surface area contributed by atoms with Crippen LogP contribution in [0.5, 0.6) is 11.5 Å². The first-order chi connectivity index (χ1) is 12.1. The molecule has 2 aliphatic rings. The summed E-state index contributed by atoms with van der Waals surface area (Å²) >= 11 is 0. The molecule has 0 aliphatic carbocycles. The highest BCUT2D eigenvalue weighted by atomic mass is 16.6. The SMILES string of the molecule is CCCNC(=O)N1CCN(C(=O)c2cc3c(cc2C)OCCO3)CC1. The zero-order valence-electron chi connectivity index (χ0n) is 14.8. The van der Waals surface area contributed by atoms with E-state index in [2.05, 4.69) is 5.32 Å². The fraction of sp³-hybridized carbons (Fsp3) is 0.556. The lowest BCUT2D eigenvalue weighted by molar-refractivity contribution is 0.0663. The average molecular weight is 347 g/mol. The molecule has 0 bridgehead atoms. The number of ether oxygens (including phenoxy) is 2. The van der Waals surface area contributed by atoms with Crippen LogP contribution in [-0.4, -0.2) is 67.7 Å². The van der Waals surface area contributed by atoms with E-state index in [4.69, 9.17) is 9.47 Å². The summed E-state index contributed by atoms with van der Waals surface area (Å²) in [7, 11) is 0. The molecule has 3 rings (SSSR count). The minimum Gasteiger partial charge on any atom is -0.486 e. The topological polar surface area (TPSA) is 71.1 Å². The normalized spacial score (nSPS) is 16.6. The van der Waals surface area contributed by atoms with Crippen molar-refractivity contribution in [1.29, 1.82) is 0 Å². The third-order valence-electron chi connectivity index (χ3n) is 4.50. The van der Waals surface area contributed by atoms with Gasteiger partial charge in [-0.3, -0.25) is 4.79 Å². The van der Waals surface area contributed by atoms with Crippen LogP contribution in [0, 0.1) is 6.92 Å². The fourth-order valence-electron chi connectivity index (χ4n) is 3.05. The van der Waals surface area contributed by atoms with Crippen LogP contribution in [0.2, 0.25) is 0 Å². The minimum absolute atomic E-state index is 0.0249. The summed E-state index contributed by atoms with van der Waals surface area (Å²) in [5.74, 6) is 1.29. The summed E-state index contributed by atoms with van der Waals surface area (Å²) < 4.78 is 11.1. The number of hydrogen-bond acceptors (Lipinski definition) is 4. The van der Waals surface area contributed by atoms with Crippen LogP contribution < -0.4 is 14.8 Å². The molecule has 7 heteroatoms. The number of rotatable bonds is 3. The molecule has 25 heavy (non-hydrogen) atoms. The number of carbonyl (C=O) groups is 2. The number of amides is 3. The van der Waals surface area contributed by atoms with Crippen molar-refractivity contribution in [2.45, 2.75) is 20.3 Å². The van der Waals surface area contributed by atoms with Gasteiger partial charge in [-0.1, -0.05) is 6.92 Å². The Morgan fingerprint density at radius 3 is 2.28 bits per heavy atom. The van der Waals surface area contributed by atoms with Gasteiger partial charge in [0, 0.05) is 38.3 Å². The van der Waals surface area contributed by atoms with Crippen LogP contribution in [0.25, 0.3) is 0 Å². The average Bonchev–Trinajstić information content (AvgIpc) is 2.65. The summed E-state index contributed by atoms with van der Waals surface area (Å²) in [5.41, 5.74) is 1.51. The zero-order valence-corrected chi connectivity index (χ0v) is 14.8. The van der Waals surface area contributed by atoms with Crippen molar-refractivity contribution < 1.29 is 19.1 Å². The second-order valence-electron chi connectivity index (χ2n) is 6.32. The van der Waals surface area contributed by atoms with Crippen LogP contribution >= 0.6 is 0 Å². The first-order valence-electron chi connectivity index (χ1n) is 8.82. The lowest BCUT2D eigenvalue weighted by Gasteiger charge is -2.35. The van der Waals surface area contributed by atoms with E-state index in [-0.39, 0.29) is 11.9 Å². The van der Waals surface area contributed by atoms with Crippen molar-refractivity contribution in [3.05, 3.63) is 23.3 Å². The maximum atomic E-state index is 12.9. The lowest BCUT2D eigenvalue weighted by Crippen LogP contribution is -2.53. The number of nitrogens with one attached hydrogen (secondary N) is 1. The molecule has 0 atom stereocenters. The van der Waals surface area contributed by atoms with Gasteiger partial charge in [-0.05, 0) is 31.0 Å². The molecule has 1 aromatic carbocycles. The zero-order chi connectivity index (χ0) is 17.8. The molecule has 7 nitrogen and oxygen atoms in total. The van der Waals surface area contributed by atoms with Crippen molar-refractivity contribution in [3.63, 3.8) is 0 Å². The number of fused-ring (bicyclic) bond motifs is 1. The number of nitrogens with zero attached hydrogens (tertiary/aromatic N) is 2. The molecule has 1 N–H and O–H groups in total. The Morgan fingerprint density at radius 1 is 1.04 bits per heavy atom. The molecule has 0 saturated carbocycles. The van der Waals surface area contributed by atoms with E-state index < -0.39 is 0 Å². The van der Waals surface area contributed by atoms with E-state index in [9.17, 15) is 9.59 Å². The number of aryl methyl sites for hydroxylation is 1. The van der Waals surface area contributed by atoms with Gasteiger partial charge in [0.25, 0.3) is 5.91 Å². The predicted octanol–water partition coefficient (Wildman–Crippen LogP) is 1.64. The molecule has 2 aliphatic heterocycles. The monoisotopic (exact) mass is 347 g/mol. The van der Waals surface area contributed by atoms with Gasteiger partial charge in [0.15, 0.2) is 11.5 Å². The highest BCUT2D eigenvalue weighted by molar-refractivity contribution is 5.96. The van der Waals surface area contributed by atoms with Crippen molar-refractivity contribution in [3.8, 4) is 11.5 Å². The highest BCUT2D eigenvalue weighted by Gasteiger charge is 2.26. The van der Waals surface area contributed by atoms with Gasteiger partial charge < -0.3 is 24.6 Å². The maximum Gasteiger partial charge on any atom is 0.317 e. The van der Waals surface area contributed by atoms with E-state index in [1.807, 2.05) is 19.9 Å². The Kier molecular flexibility index (Phi) is 5.31. The number of urea groups is 1. The van der Waals surface area contributed by atoms with Crippen molar-refractivity contribution in [2.75, 3.05) is 45.9 Å². The second kappa shape index (κ2) is 7.63. The Hall–Kier alpha value is -2.44. The standard InChI is InChI=1S/C18H25N3O4/c1-3-4-19-18(23)21-7-5-20(6-8-21)17(22)14-12-16-15(11-13(14)2)24-9-10-25-16/h11-12H,3-10H2,1-2H3,(H,19,23). The first-order valence-corrected chi connectivity index (χ1v) is 8.82. The summed E-state index contributed by atoms with van der Waals surface area (Å²) in [6.07, 6.45) is 0.910. The van der Waals surface area contributed by atoms with Gasteiger partial charge in [0.05, 0.1) is 0 Å². The Labute approximate surface area is 147 Å². The van der Waals surface area contributed by atoms with Crippen LogP contribution in [-0.2, 0) is 0 Å². The molecule has 1 aromatic rings. The smallest absolute Gasteiger partial charge is 0.317 e. The van der Waals surface area contributed by atoms with E-state index in [1.54, 1.807) is 15.9 Å². The van der Waals surface area contributed by atoms with E-state index in [0.29, 0.717) is 63.0 Å². The minimum atomic E-state index is -0.0514. The van der Waals surface area contributed by atoms with E-state index >= 15 is 0 Å². The molecule has 0 aromatic heterocycles. The van der Waals surface area contributed by atoms with Crippen molar-refractivity contribution in [1.82, 2.24) is 15.1 Å². The number of hydrogen-bond donors (Lipinski definition) is 1. The molecule has 1 saturated heterocycles. The van der Waals surface area contributed by atoms with Crippen molar-refractivity contribution >= 4 is 11.9 Å². The van der Waals surface area contributed by atoms with Crippen molar-refractivity contribution in [2.24, 2.45) is 0 Å². The quantitative estimate of drug-likeness (QED) is 0.902. The van der Waals surface area contributed by atoms with Gasteiger partial charge in [-0.25, -0.2) is 4.79 Å². The van der Waals surface area contributed by atoms with E-state index in [1.165, 1.54) is 0 Å². The van der Waals surface area contributed by atoms with E-state index in [0.717, 1.165) is 12.0 Å². The van der Waals surface area contributed by atoms with Crippen LogP contribution in [0.1, 0.15) is 29.3 Å². The highest BCUT2D eigenvalue weighted by Crippen LogP contribution is 2.33. The molecule has 0 spiro atoms. The molecule has 0 unspecified atom stereocenters. The summed E-state index contributed by atoms with van der Waals surface area (Å²) in [5, 5.41) is 2.87. The largest absolute Gasteiger partial charge is 0.486 e. The molecule has 0 radical (unpaired) electrons. The molecule has 3 amide bonds. The molecular weight excluding hydrogens is 322 g/mol. The molecule has 2 heterocycles. The maximum absolute atomic E-state index is 12.9. The molecular formula is C18H25N3O4. The third kappa shape index (κ3) is 3.81. The van der Waals surface area contributed by atoms with Gasteiger partial charge in [-0.2, -0.15) is 0 Å². The van der Waals surface area contributed by atoms with Gasteiger partial charge >= 0.3 is 6.03 Å². The number of carbonyl (C=O) groups excluding carboxylic acids is 2. The lowest BCUT2D eigenvalue weighted by atomic mass is 10.1. The fourth-order valence-corrected chi connectivity index (χ4v) is 3.05. The Morgan fingerprint density at radius 2 is 1.64 bits per heavy atom. The van der Waals surface area contributed by atoms with Gasteiger partial charge in [0.2, 0.25) is 0 Å². The molecule has 1 fully saturated rings. The van der Waals surface area contributed by atoms with Crippen LogP contribution in [0.15, 0.2) is 12.1 Å². The van der Waals surface area contributed by atoms with Gasteiger partial charge in [0.1, 0.15) is 13.2 Å². The summed E-state index contributed by atoms with van der Waals surface area (Å²) in [6.45, 7) is 7.78. The summed E-state index contributed by atoms with van der Waals surface area (Å²) in [6, 6.07) is 3.58. The summed E-state index contributed by atoms with van der Waals surface area (Å²) in [4.78, 5) is 28.4. The number of benzene rings is 1. The third-order valence-corrected chi connectivity index (χ3v) is 4.50. The number of piperazine rings is 1. The van der Waals surface area contributed by atoms with Crippen LogP contribution in [0.3, 0.4) is 0 Å². The molecule has 136 valence electrons. The second-order valence-corrected chi connectivity index (χ2v) is 6.32.